The lowest BCUT2D eigenvalue weighted by molar-refractivity contribution is 0.247. The summed E-state index contributed by atoms with van der Waals surface area (Å²) in [6.45, 7) is 8.61. The minimum Gasteiger partial charge on any atom is -0.494 e. The van der Waals surface area contributed by atoms with Crippen molar-refractivity contribution in [3.05, 3.63) is 29.3 Å². The van der Waals surface area contributed by atoms with Gasteiger partial charge in [-0.25, -0.2) is 0 Å². The lowest BCUT2D eigenvalue weighted by atomic mass is 10.1. The van der Waals surface area contributed by atoms with E-state index >= 15 is 0 Å². The zero-order valence-electron chi connectivity index (χ0n) is 16.1. The Morgan fingerprint density at radius 2 is 2.08 bits per heavy atom. The summed E-state index contributed by atoms with van der Waals surface area (Å²) in [6.07, 6.45) is 2.67. The average molecular weight is 460 g/mol. The minimum atomic E-state index is 0. The predicted molar refractivity (Wildman–Crippen MR) is 116 cm³/mol. The van der Waals surface area contributed by atoms with Crippen molar-refractivity contribution in [1.29, 1.82) is 0 Å². The SMILES string of the molecule is CCOc1cc(C)ccc1CNC(=NC)NCC(C)N(C)C1CC1.I. The number of benzene rings is 1. The number of ether oxygens (including phenoxy) is 1. The van der Waals surface area contributed by atoms with Gasteiger partial charge in [0.2, 0.25) is 0 Å². The number of hydrogen-bond acceptors (Lipinski definition) is 3. The molecule has 25 heavy (non-hydrogen) atoms. The van der Waals surface area contributed by atoms with Gasteiger partial charge in [-0.15, -0.1) is 24.0 Å². The molecule has 2 N–H and O–H groups in total. The highest BCUT2D eigenvalue weighted by molar-refractivity contribution is 14.0. The quantitative estimate of drug-likeness (QED) is 0.356. The Labute approximate surface area is 169 Å². The number of aliphatic imine (C=N–C) groups is 1. The number of aryl methyl sites for hydroxylation is 1. The van der Waals surface area contributed by atoms with Crippen molar-refractivity contribution in [1.82, 2.24) is 15.5 Å². The third-order valence-electron chi connectivity index (χ3n) is 4.58. The number of hydrogen-bond donors (Lipinski definition) is 2. The van der Waals surface area contributed by atoms with Crippen LogP contribution in [0.4, 0.5) is 0 Å². The van der Waals surface area contributed by atoms with Crippen LogP contribution in [-0.4, -0.2) is 50.2 Å². The summed E-state index contributed by atoms with van der Waals surface area (Å²) >= 11 is 0. The molecular weight excluding hydrogens is 427 g/mol. The molecule has 0 aliphatic heterocycles. The molecule has 1 unspecified atom stereocenters. The maximum atomic E-state index is 5.74. The number of rotatable bonds is 8. The van der Waals surface area contributed by atoms with Gasteiger partial charge in [0.1, 0.15) is 5.75 Å². The van der Waals surface area contributed by atoms with E-state index in [9.17, 15) is 0 Å². The minimum absolute atomic E-state index is 0. The van der Waals surface area contributed by atoms with Gasteiger partial charge in [0.25, 0.3) is 0 Å². The molecule has 1 aliphatic carbocycles. The molecule has 1 aliphatic rings. The maximum absolute atomic E-state index is 5.74. The van der Waals surface area contributed by atoms with Gasteiger partial charge in [-0.1, -0.05) is 12.1 Å². The summed E-state index contributed by atoms with van der Waals surface area (Å²) in [4.78, 5) is 6.78. The molecule has 142 valence electrons. The van der Waals surface area contributed by atoms with Crippen LogP contribution >= 0.6 is 24.0 Å². The van der Waals surface area contributed by atoms with Crippen molar-refractivity contribution >= 4 is 29.9 Å². The molecule has 0 aromatic heterocycles. The summed E-state index contributed by atoms with van der Waals surface area (Å²) in [7, 11) is 4.02. The Morgan fingerprint density at radius 3 is 2.68 bits per heavy atom. The van der Waals surface area contributed by atoms with Crippen LogP contribution in [0.15, 0.2) is 23.2 Å². The molecule has 0 radical (unpaired) electrons. The van der Waals surface area contributed by atoms with Crippen molar-refractivity contribution in [2.45, 2.75) is 52.2 Å². The van der Waals surface area contributed by atoms with Crippen LogP contribution in [0.5, 0.6) is 5.75 Å². The highest BCUT2D eigenvalue weighted by Crippen LogP contribution is 2.26. The fraction of sp³-hybridized carbons (Fsp3) is 0.632. The number of nitrogens with zero attached hydrogens (tertiary/aromatic N) is 2. The van der Waals surface area contributed by atoms with Gasteiger partial charge in [-0.05, 0) is 52.3 Å². The Balaban J connectivity index is 0.00000312. The van der Waals surface area contributed by atoms with Gasteiger partial charge in [0.15, 0.2) is 5.96 Å². The Morgan fingerprint density at radius 1 is 1.36 bits per heavy atom. The fourth-order valence-electron chi connectivity index (χ4n) is 2.73. The second-order valence-electron chi connectivity index (χ2n) is 6.60. The molecule has 6 heteroatoms. The van der Waals surface area contributed by atoms with Crippen LogP contribution in [0.1, 0.15) is 37.8 Å². The number of guanidine groups is 1. The van der Waals surface area contributed by atoms with E-state index in [1.807, 2.05) is 14.0 Å². The Bertz CT molecular complexity index is 560. The molecule has 0 heterocycles. The highest BCUT2D eigenvalue weighted by Gasteiger charge is 2.28. The summed E-state index contributed by atoms with van der Waals surface area (Å²) in [5.74, 6) is 1.77. The normalized spacial score (nSPS) is 15.5. The monoisotopic (exact) mass is 460 g/mol. The van der Waals surface area contributed by atoms with Crippen LogP contribution in [-0.2, 0) is 6.54 Å². The lowest BCUT2D eigenvalue weighted by Crippen LogP contribution is -2.45. The molecule has 1 atom stereocenters. The largest absolute Gasteiger partial charge is 0.494 e. The zero-order chi connectivity index (χ0) is 17.5. The van der Waals surface area contributed by atoms with E-state index in [-0.39, 0.29) is 24.0 Å². The fourth-order valence-corrected chi connectivity index (χ4v) is 2.73. The second-order valence-corrected chi connectivity index (χ2v) is 6.60. The molecule has 1 aromatic carbocycles. The summed E-state index contributed by atoms with van der Waals surface area (Å²) < 4.78 is 5.74. The van der Waals surface area contributed by atoms with Gasteiger partial charge in [-0.3, -0.25) is 9.89 Å². The summed E-state index contributed by atoms with van der Waals surface area (Å²) in [5.41, 5.74) is 2.36. The van der Waals surface area contributed by atoms with E-state index in [0.717, 1.165) is 29.9 Å². The van der Waals surface area contributed by atoms with Gasteiger partial charge in [0.05, 0.1) is 6.61 Å². The number of halogens is 1. The van der Waals surface area contributed by atoms with E-state index in [4.69, 9.17) is 4.74 Å². The van der Waals surface area contributed by atoms with E-state index in [1.165, 1.54) is 18.4 Å². The molecule has 2 rings (SSSR count). The second kappa shape index (κ2) is 10.9. The molecule has 1 saturated carbocycles. The standard InChI is InChI=1S/C19H32N4O.HI/c1-6-24-18-11-14(2)7-8-16(18)13-22-19(20-4)21-12-15(3)23(5)17-9-10-17;/h7-8,11,15,17H,6,9-10,12-13H2,1-5H3,(H2,20,21,22);1H. The summed E-state index contributed by atoms with van der Waals surface area (Å²) in [5, 5.41) is 6.81. The van der Waals surface area contributed by atoms with E-state index in [0.29, 0.717) is 19.2 Å². The molecule has 0 spiro atoms. The van der Waals surface area contributed by atoms with Crippen LogP contribution in [0.2, 0.25) is 0 Å². The first kappa shape index (κ1) is 22.0. The smallest absolute Gasteiger partial charge is 0.191 e. The van der Waals surface area contributed by atoms with Gasteiger partial charge in [-0.2, -0.15) is 0 Å². The van der Waals surface area contributed by atoms with Crippen LogP contribution in [0, 0.1) is 6.92 Å². The average Bonchev–Trinajstić information content (AvgIpc) is 3.40. The van der Waals surface area contributed by atoms with Gasteiger partial charge >= 0.3 is 0 Å². The predicted octanol–water partition coefficient (Wildman–Crippen LogP) is 3.16. The number of nitrogens with one attached hydrogen (secondary N) is 2. The summed E-state index contributed by atoms with van der Waals surface area (Å²) in [6, 6.07) is 7.59. The zero-order valence-corrected chi connectivity index (χ0v) is 18.5. The Kier molecular flexibility index (Phi) is 9.56. The van der Waals surface area contributed by atoms with E-state index < -0.39 is 0 Å². The number of likely N-dealkylation sites (N-methyl/N-ethyl adjacent to an activating group) is 1. The molecule has 1 fully saturated rings. The molecular formula is C19H33IN4O. The lowest BCUT2D eigenvalue weighted by Gasteiger charge is -2.25. The van der Waals surface area contributed by atoms with Crippen LogP contribution < -0.4 is 15.4 Å². The van der Waals surface area contributed by atoms with E-state index in [2.05, 4.69) is 59.6 Å². The van der Waals surface area contributed by atoms with Crippen molar-refractivity contribution < 1.29 is 4.74 Å². The highest BCUT2D eigenvalue weighted by atomic mass is 127. The third kappa shape index (κ3) is 7.01. The van der Waals surface area contributed by atoms with Crippen molar-refractivity contribution in [2.24, 2.45) is 4.99 Å². The van der Waals surface area contributed by atoms with Crippen LogP contribution in [0.3, 0.4) is 0 Å². The maximum Gasteiger partial charge on any atom is 0.191 e. The van der Waals surface area contributed by atoms with E-state index in [1.54, 1.807) is 0 Å². The van der Waals surface area contributed by atoms with Crippen molar-refractivity contribution in [3.63, 3.8) is 0 Å². The Hall–Kier alpha value is -1.02. The molecule has 0 bridgehead atoms. The first-order valence-electron chi connectivity index (χ1n) is 8.94. The van der Waals surface area contributed by atoms with Gasteiger partial charge < -0.3 is 15.4 Å². The molecule has 0 amide bonds. The van der Waals surface area contributed by atoms with Crippen molar-refractivity contribution in [2.75, 3.05) is 27.2 Å². The molecule has 1 aromatic rings. The first-order valence-corrected chi connectivity index (χ1v) is 8.94. The van der Waals surface area contributed by atoms with Crippen LogP contribution in [0.25, 0.3) is 0 Å². The molecule has 5 nitrogen and oxygen atoms in total. The molecule has 0 saturated heterocycles. The van der Waals surface area contributed by atoms with Crippen molar-refractivity contribution in [3.8, 4) is 5.75 Å². The third-order valence-corrected chi connectivity index (χ3v) is 4.58. The van der Waals surface area contributed by atoms with Gasteiger partial charge in [0, 0.05) is 37.8 Å². The topological polar surface area (TPSA) is 48.9 Å². The first-order chi connectivity index (χ1) is 11.5.